The van der Waals surface area contributed by atoms with Gasteiger partial charge >= 0.3 is 5.97 Å². The predicted molar refractivity (Wildman–Crippen MR) is 104 cm³/mol. The van der Waals surface area contributed by atoms with Gasteiger partial charge in [-0.2, -0.15) is 0 Å². The van der Waals surface area contributed by atoms with E-state index in [-0.39, 0.29) is 38.1 Å². The van der Waals surface area contributed by atoms with Crippen molar-refractivity contribution in [2.24, 2.45) is 0 Å². The van der Waals surface area contributed by atoms with Gasteiger partial charge in [0.15, 0.2) is 6.79 Å². The van der Waals surface area contributed by atoms with Crippen molar-refractivity contribution in [2.45, 2.75) is 26.7 Å². The minimum absolute atomic E-state index is 0.0217. The number of carbonyl (C=O) groups excluding carboxylic acids is 1. The number of furan rings is 1. The van der Waals surface area contributed by atoms with Crippen LogP contribution in [0, 0.1) is 10.1 Å². The van der Waals surface area contributed by atoms with Crippen LogP contribution in [0.3, 0.4) is 0 Å². The maximum absolute atomic E-state index is 12.8. The Kier molecular flexibility index (Phi) is 5.64. The molecule has 2 heterocycles. The molecule has 0 bridgehead atoms. The van der Waals surface area contributed by atoms with Gasteiger partial charge in [0.05, 0.1) is 18.1 Å². The summed E-state index contributed by atoms with van der Waals surface area (Å²) in [5.41, 5.74) is 1.94. The molecular weight excluding hydrogens is 394 g/mol. The Labute approximate surface area is 171 Å². The summed E-state index contributed by atoms with van der Waals surface area (Å²) in [5, 5.41) is 12.0. The van der Waals surface area contributed by atoms with Gasteiger partial charge in [0, 0.05) is 40.8 Å². The van der Waals surface area contributed by atoms with Crippen molar-refractivity contribution in [2.75, 3.05) is 13.4 Å². The maximum Gasteiger partial charge on any atom is 0.374 e. The highest BCUT2D eigenvalue weighted by Gasteiger charge is 2.25. The largest absolute Gasteiger partial charge is 0.467 e. The van der Waals surface area contributed by atoms with Crippen LogP contribution in [0.2, 0.25) is 0 Å². The van der Waals surface area contributed by atoms with Crippen LogP contribution < -0.4 is 4.74 Å². The number of para-hydroxylation sites is 1. The van der Waals surface area contributed by atoms with E-state index in [4.69, 9.17) is 23.4 Å². The Bertz CT molecular complexity index is 1100. The van der Waals surface area contributed by atoms with Crippen LogP contribution in [0.4, 0.5) is 5.69 Å². The molecule has 0 amide bonds. The number of nitrogens with zero attached hydrogens (tertiary/aromatic N) is 1. The molecule has 0 aliphatic carbocycles. The highest BCUT2D eigenvalue weighted by atomic mass is 16.7. The van der Waals surface area contributed by atoms with Gasteiger partial charge in [-0.25, -0.2) is 4.79 Å². The zero-order valence-electron chi connectivity index (χ0n) is 16.2. The molecule has 0 unspecified atom stereocenters. The molecule has 0 saturated heterocycles. The van der Waals surface area contributed by atoms with Crippen molar-refractivity contribution in [3.05, 3.63) is 69.0 Å². The Morgan fingerprint density at radius 3 is 2.87 bits per heavy atom. The first-order valence-corrected chi connectivity index (χ1v) is 9.34. The number of non-ortho nitro benzene ring substituents is 1. The lowest BCUT2D eigenvalue weighted by Crippen LogP contribution is -2.15. The van der Waals surface area contributed by atoms with E-state index >= 15 is 0 Å². The molecule has 3 aromatic rings. The molecule has 0 spiro atoms. The van der Waals surface area contributed by atoms with Crippen molar-refractivity contribution < 1.29 is 33.1 Å². The molecule has 0 N–H and O–H groups in total. The topological polar surface area (TPSA) is 110 Å². The maximum atomic E-state index is 12.8. The number of nitro benzene ring substituents is 1. The number of fused-ring (bicyclic) bond motifs is 2. The molecule has 9 heteroatoms. The summed E-state index contributed by atoms with van der Waals surface area (Å²) >= 11 is 0. The molecule has 1 aliphatic rings. The van der Waals surface area contributed by atoms with Gasteiger partial charge in [0.2, 0.25) is 5.76 Å². The number of benzene rings is 2. The van der Waals surface area contributed by atoms with Gasteiger partial charge < -0.3 is 23.4 Å². The molecule has 1 aromatic heterocycles. The van der Waals surface area contributed by atoms with Gasteiger partial charge in [-0.05, 0) is 13.0 Å². The summed E-state index contributed by atoms with van der Waals surface area (Å²) in [7, 11) is 0. The number of nitro groups is 1. The highest BCUT2D eigenvalue weighted by Crippen LogP contribution is 2.34. The van der Waals surface area contributed by atoms with Crippen molar-refractivity contribution >= 4 is 22.6 Å². The summed E-state index contributed by atoms with van der Waals surface area (Å²) in [6, 6.07) is 9.97. The third-order valence-electron chi connectivity index (χ3n) is 4.68. The minimum atomic E-state index is -0.687. The lowest BCUT2D eigenvalue weighted by atomic mass is 10.1. The molecule has 0 radical (unpaired) electrons. The fourth-order valence-corrected chi connectivity index (χ4v) is 3.31. The lowest BCUT2D eigenvalue weighted by molar-refractivity contribution is -0.385. The summed E-state index contributed by atoms with van der Waals surface area (Å²) in [4.78, 5) is 23.5. The minimum Gasteiger partial charge on any atom is -0.467 e. The SMILES string of the molecule is CCOCc1c(C(=O)OCc2cc([N+](=O)[O-])cc3c2OCOC3)oc2ccccc12. The molecule has 0 atom stereocenters. The molecule has 9 nitrogen and oxygen atoms in total. The van der Waals surface area contributed by atoms with E-state index < -0.39 is 10.9 Å². The van der Waals surface area contributed by atoms with Gasteiger partial charge in [-0.3, -0.25) is 10.1 Å². The van der Waals surface area contributed by atoms with E-state index in [1.807, 2.05) is 19.1 Å². The van der Waals surface area contributed by atoms with Crippen molar-refractivity contribution in [3.8, 4) is 5.75 Å². The summed E-state index contributed by atoms with van der Waals surface area (Å²) in [6.07, 6.45) is 0. The standard InChI is InChI=1S/C21H19NO8/c1-2-26-11-17-16-5-3-4-6-18(16)30-20(17)21(23)28-10-14-8-15(22(24)25)7-13-9-27-12-29-19(13)14/h3-8H,2,9-12H2,1H3. The third-order valence-corrected chi connectivity index (χ3v) is 4.68. The number of esters is 1. The first-order chi connectivity index (χ1) is 14.6. The molecule has 2 aromatic carbocycles. The third kappa shape index (κ3) is 3.85. The van der Waals surface area contributed by atoms with E-state index in [9.17, 15) is 14.9 Å². The Hall–Kier alpha value is -3.43. The van der Waals surface area contributed by atoms with E-state index in [0.29, 0.717) is 34.6 Å². The van der Waals surface area contributed by atoms with Crippen LogP contribution in [0.25, 0.3) is 11.0 Å². The number of hydrogen-bond acceptors (Lipinski definition) is 8. The first kappa shape index (κ1) is 19.9. The first-order valence-electron chi connectivity index (χ1n) is 9.34. The molecule has 30 heavy (non-hydrogen) atoms. The second-order valence-electron chi connectivity index (χ2n) is 6.58. The van der Waals surface area contributed by atoms with Crippen LogP contribution in [-0.4, -0.2) is 24.3 Å². The van der Waals surface area contributed by atoms with Crippen molar-refractivity contribution in [1.82, 2.24) is 0 Å². The average Bonchev–Trinajstić information content (AvgIpc) is 3.14. The number of carbonyl (C=O) groups is 1. The van der Waals surface area contributed by atoms with Crippen LogP contribution >= 0.6 is 0 Å². The second-order valence-corrected chi connectivity index (χ2v) is 6.58. The second kappa shape index (κ2) is 8.52. The fraction of sp³-hybridized carbons (Fsp3) is 0.286. The zero-order chi connectivity index (χ0) is 21.1. The highest BCUT2D eigenvalue weighted by molar-refractivity contribution is 5.96. The monoisotopic (exact) mass is 413 g/mol. The van der Waals surface area contributed by atoms with Gasteiger partial charge in [-0.15, -0.1) is 0 Å². The molecule has 156 valence electrons. The number of hydrogen-bond donors (Lipinski definition) is 0. The summed E-state index contributed by atoms with van der Waals surface area (Å²) in [6.45, 7) is 2.52. The van der Waals surface area contributed by atoms with E-state index in [2.05, 4.69) is 0 Å². The van der Waals surface area contributed by atoms with Gasteiger partial charge in [-0.1, -0.05) is 18.2 Å². The van der Waals surface area contributed by atoms with E-state index in [1.54, 1.807) is 12.1 Å². The zero-order valence-corrected chi connectivity index (χ0v) is 16.2. The van der Waals surface area contributed by atoms with Crippen LogP contribution in [-0.2, 0) is 34.0 Å². The lowest BCUT2D eigenvalue weighted by Gasteiger charge is -2.20. The Balaban J connectivity index is 1.61. The molecule has 4 rings (SSSR count). The Morgan fingerprint density at radius 1 is 1.23 bits per heavy atom. The predicted octanol–water partition coefficient (Wildman–Crippen LogP) is 4.10. The summed E-state index contributed by atoms with van der Waals surface area (Å²) < 4.78 is 27.3. The van der Waals surface area contributed by atoms with E-state index in [1.165, 1.54) is 12.1 Å². The van der Waals surface area contributed by atoms with Crippen molar-refractivity contribution in [3.63, 3.8) is 0 Å². The van der Waals surface area contributed by atoms with Crippen LogP contribution in [0.5, 0.6) is 5.75 Å². The molecule has 0 fully saturated rings. The van der Waals surface area contributed by atoms with Crippen LogP contribution in [0.1, 0.15) is 34.2 Å². The molecule has 0 saturated carbocycles. The van der Waals surface area contributed by atoms with Crippen LogP contribution in [0.15, 0.2) is 40.8 Å². The van der Waals surface area contributed by atoms with Gasteiger partial charge in [0.1, 0.15) is 17.9 Å². The fourth-order valence-electron chi connectivity index (χ4n) is 3.31. The van der Waals surface area contributed by atoms with Gasteiger partial charge in [0.25, 0.3) is 5.69 Å². The quantitative estimate of drug-likeness (QED) is 0.323. The van der Waals surface area contributed by atoms with Crippen molar-refractivity contribution in [1.29, 1.82) is 0 Å². The smallest absolute Gasteiger partial charge is 0.374 e. The normalized spacial score (nSPS) is 13.0. The molecule has 1 aliphatic heterocycles. The number of ether oxygens (including phenoxy) is 4. The number of rotatable bonds is 7. The summed E-state index contributed by atoms with van der Waals surface area (Å²) in [5.74, 6) is -0.208. The molecular formula is C21H19NO8. The van der Waals surface area contributed by atoms with E-state index in [0.717, 1.165) is 5.39 Å². The Morgan fingerprint density at radius 2 is 2.07 bits per heavy atom. The average molecular weight is 413 g/mol.